The third-order valence-electron chi connectivity index (χ3n) is 5.05. The van der Waals surface area contributed by atoms with E-state index >= 15 is 0 Å². The van der Waals surface area contributed by atoms with Gasteiger partial charge in [-0.2, -0.15) is 0 Å². The quantitative estimate of drug-likeness (QED) is 0.829. The Morgan fingerprint density at radius 3 is 3.00 bits per heavy atom. The highest BCUT2D eigenvalue weighted by molar-refractivity contribution is 7.09. The topological polar surface area (TPSA) is 51.7 Å². The molecule has 2 aliphatic heterocycles. The Bertz CT molecular complexity index is 578. The lowest BCUT2D eigenvalue weighted by molar-refractivity contribution is -0.202. The first-order valence-corrected chi connectivity index (χ1v) is 9.44. The van der Waals surface area contributed by atoms with Crippen LogP contribution in [0.25, 0.3) is 0 Å². The number of likely N-dealkylation sites (tertiary alicyclic amines) is 1. The van der Waals surface area contributed by atoms with Crippen molar-refractivity contribution in [1.82, 2.24) is 9.88 Å². The first-order valence-electron chi connectivity index (χ1n) is 8.56. The van der Waals surface area contributed by atoms with Gasteiger partial charge in [0.2, 0.25) is 5.91 Å². The Hall–Kier alpha value is -0.980. The molecular weight excluding hydrogens is 312 g/mol. The molecule has 2 saturated heterocycles. The number of hydrogen-bond acceptors (Lipinski definition) is 5. The Kier molecular flexibility index (Phi) is 4.15. The third kappa shape index (κ3) is 3.59. The second kappa shape index (κ2) is 6.15. The molecule has 1 aliphatic carbocycles. The van der Waals surface area contributed by atoms with Crippen molar-refractivity contribution in [3.63, 3.8) is 0 Å². The van der Waals surface area contributed by atoms with Gasteiger partial charge in [-0.25, -0.2) is 4.98 Å². The Morgan fingerprint density at radius 2 is 2.30 bits per heavy atom. The van der Waals surface area contributed by atoms with Gasteiger partial charge in [0, 0.05) is 24.8 Å². The van der Waals surface area contributed by atoms with E-state index in [0.717, 1.165) is 49.7 Å². The molecule has 5 nitrogen and oxygen atoms in total. The molecule has 3 fully saturated rings. The number of nitrogens with zero attached hydrogens (tertiary/aromatic N) is 2. The predicted molar refractivity (Wildman–Crippen MR) is 87.3 cm³/mol. The van der Waals surface area contributed by atoms with Gasteiger partial charge in [-0.1, -0.05) is 0 Å². The van der Waals surface area contributed by atoms with Gasteiger partial charge >= 0.3 is 0 Å². The van der Waals surface area contributed by atoms with Gasteiger partial charge in [-0.15, -0.1) is 11.3 Å². The SMILES string of the molecule is Cc1nc(CO[C@H]2CCOC3(C2)CN(C(=O)CC2CC2)C3)cs1. The first kappa shape index (κ1) is 15.5. The first-order chi connectivity index (χ1) is 11.1. The smallest absolute Gasteiger partial charge is 0.223 e. The molecule has 0 N–H and O–H groups in total. The van der Waals surface area contributed by atoms with Crippen molar-refractivity contribution in [2.24, 2.45) is 5.92 Å². The Morgan fingerprint density at radius 1 is 1.48 bits per heavy atom. The van der Waals surface area contributed by atoms with Crippen LogP contribution in [0.4, 0.5) is 0 Å². The fourth-order valence-electron chi connectivity index (χ4n) is 3.55. The maximum absolute atomic E-state index is 12.1. The standard InChI is InChI=1S/C17H24N2O3S/c1-12-18-14(9-23-12)8-21-15-4-5-22-17(7-15)10-19(11-17)16(20)6-13-2-3-13/h9,13,15H,2-8,10-11H2,1H3/t15-/m0/s1. The van der Waals surface area contributed by atoms with Crippen molar-refractivity contribution < 1.29 is 14.3 Å². The van der Waals surface area contributed by atoms with E-state index in [0.29, 0.717) is 18.4 Å². The van der Waals surface area contributed by atoms with Crippen molar-refractivity contribution in [3.05, 3.63) is 16.1 Å². The van der Waals surface area contributed by atoms with Crippen LogP contribution >= 0.6 is 11.3 Å². The van der Waals surface area contributed by atoms with Crippen molar-refractivity contribution in [1.29, 1.82) is 0 Å². The number of aromatic nitrogens is 1. The lowest BCUT2D eigenvalue weighted by Gasteiger charge is -2.53. The Balaban J connectivity index is 1.25. The molecule has 3 aliphatic rings. The number of carbonyl (C=O) groups excluding carboxylic acids is 1. The van der Waals surface area contributed by atoms with Crippen molar-refractivity contribution >= 4 is 17.2 Å². The number of ether oxygens (including phenoxy) is 2. The van der Waals surface area contributed by atoms with E-state index in [1.54, 1.807) is 11.3 Å². The highest BCUT2D eigenvalue weighted by Gasteiger charge is 2.49. The molecule has 0 unspecified atom stereocenters. The Labute approximate surface area is 141 Å². The number of amides is 1. The van der Waals surface area contributed by atoms with Crippen LogP contribution < -0.4 is 0 Å². The van der Waals surface area contributed by atoms with E-state index in [1.165, 1.54) is 12.8 Å². The van der Waals surface area contributed by atoms with Crippen LogP contribution in [-0.4, -0.2) is 47.2 Å². The third-order valence-corrected chi connectivity index (χ3v) is 5.87. The van der Waals surface area contributed by atoms with Gasteiger partial charge in [0.25, 0.3) is 0 Å². The molecule has 23 heavy (non-hydrogen) atoms. The highest BCUT2D eigenvalue weighted by Crippen LogP contribution is 2.38. The van der Waals surface area contributed by atoms with Crippen LogP contribution in [0.3, 0.4) is 0 Å². The average molecular weight is 336 g/mol. The molecule has 6 heteroatoms. The summed E-state index contributed by atoms with van der Waals surface area (Å²) in [7, 11) is 0. The van der Waals surface area contributed by atoms with E-state index in [4.69, 9.17) is 9.47 Å². The lowest BCUT2D eigenvalue weighted by Crippen LogP contribution is -2.67. The number of rotatable bonds is 5. The highest BCUT2D eigenvalue weighted by atomic mass is 32.1. The summed E-state index contributed by atoms with van der Waals surface area (Å²) >= 11 is 1.66. The zero-order valence-corrected chi connectivity index (χ0v) is 14.4. The van der Waals surface area contributed by atoms with Gasteiger partial charge in [-0.3, -0.25) is 4.79 Å². The summed E-state index contributed by atoms with van der Waals surface area (Å²) in [5.74, 6) is 0.965. The molecule has 1 saturated carbocycles. The number of aryl methyl sites for hydroxylation is 1. The molecule has 1 atom stereocenters. The second-order valence-electron chi connectivity index (χ2n) is 7.21. The molecule has 1 amide bonds. The van der Waals surface area contributed by atoms with Gasteiger partial charge in [-0.05, 0) is 32.1 Å². The molecule has 0 bridgehead atoms. The molecule has 0 aromatic carbocycles. The van der Waals surface area contributed by atoms with Crippen molar-refractivity contribution in [2.75, 3.05) is 19.7 Å². The maximum atomic E-state index is 12.1. The maximum Gasteiger partial charge on any atom is 0.223 e. The molecule has 0 radical (unpaired) electrons. The molecular formula is C17H24N2O3S. The summed E-state index contributed by atoms with van der Waals surface area (Å²) in [5, 5.41) is 3.14. The zero-order chi connectivity index (χ0) is 15.9. The fraction of sp³-hybridized carbons (Fsp3) is 0.765. The van der Waals surface area contributed by atoms with E-state index < -0.39 is 0 Å². The van der Waals surface area contributed by atoms with Crippen LogP contribution in [0.1, 0.15) is 42.8 Å². The van der Waals surface area contributed by atoms with Gasteiger partial charge < -0.3 is 14.4 Å². The van der Waals surface area contributed by atoms with Gasteiger partial charge in [0.15, 0.2) is 0 Å². The average Bonchev–Trinajstić information content (AvgIpc) is 3.22. The molecule has 3 heterocycles. The summed E-state index contributed by atoms with van der Waals surface area (Å²) in [6.07, 6.45) is 5.23. The molecule has 126 valence electrons. The summed E-state index contributed by atoms with van der Waals surface area (Å²) < 4.78 is 12.0. The van der Waals surface area contributed by atoms with E-state index in [1.807, 2.05) is 11.8 Å². The minimum Gasteiger partial charge on any atom is -0.372 e. The molecule has 1 aromatic rings. The van der Waals surface area contributed by atoms with Crippen molar-refractivity contribution in [3.8, 4) is 0 Å². The van der Waals surface area contributed by atoms with E-state index in [2.05, 4.69) is 10.4 Å². The second-order valence-corrected chi connectivity index (χ2v) is 8.27. The minimum atomic E-state index is -0.153. The fourth-order valence-corrected chi connectivity index (χ4v) is 4.14. The summed E-state index contributed by atoms with van der Waals surface area (Å²) in [6.45, 7) is 4.81. The van der Waals surface area contributed by atoms with E-state index in [-0.39, 0.29) is 11.7 Å². The van der Waals surface area contributed by atoms with Gasteiger partial charge in [0.1, 0.15) is 5.60 Å². The normalized spacial score (nSPS) is 26.3. The predicted octanol–water partition coefficient (Wildman–Crippen LogP) is 2.53. The van der Waals surface area contributed by atoms with Crippen LogP contribution in [0.5, 0.6) is 0 Å². The zero-order valence-electron chi connectivity index (χ0n) is 13.6. The monoisotopic (exact) mass is 336 g/mol. The van der Waals surface area contributed by atoms with Crippen LogP contribution in [-0.2, 0) is 20.9 Å². The summed E-state index contributed by atoms with van der Waals surface area (Å²) in [6, 6.07) is 0. The summed E-state index contributed by atoms with van der Waals surface area (Å²) in [5.41, 5.74) is 0.864. The van der Waals surface area contributed by atoms with Crippen LogP contribution in [0.15, 0.2) is 5.38 Å². The van der Waals surface area contributed by atoms with Gasteiger partial charge in [0.05, 0.1) is 36.5 Å². The molecule has 1 aromatic heterocycles. The molecule has 4 rings (SSSR count). The lowest BCUT2D eigenvalue weighted by atomic mass is 9.84. The number of carbonyl (C=O) groups is 1. The number of hydrogen-bond donors (Lipinski definition) is 0. The largest absolute Gasteiger partial charge is 0.372 e. The van der Waals surface area contributed by atoms with E-state index in [9.17, 15) is 4.79 Å². The minimum absolute atomic E-state index is 0.153. The molecule has 1 spiro atoms. The number of thiazole rings is 1. The van der Waals surface area contributed by atoms with Crippen LogP contribution in [0.2, 0.25) is 0 Å². The summed E-state index contributed by atoms with van der Waals surface area (Å²) in [4.78, 5) is 18.5. The van der Waals surface area contributed by atoms with Crippen molar-refractivity contribution in [2.45, 2.75) is 57.3 Å². The van der Waals surface area contributed by atoms with Crippen LogP contribution in [0, 0.1) is 12.8 Å².